The molecule has 2 aromatic heterocycles. The van der Waals surface area contributed by atoms with Gasteiger partial charge in [-0.3, -0.25) is 19.6 Å². The topological polar surface area (TPSA) is 212 Å². The van der Waals surface area contributed by atoms with Crippen LogP contribution >= 0.6 is 0 Å². The maximum absolute atomic E-state index is 11.8. The van der Waals surface area contributed by atoms with Crippen LogP contribution < -0.4 is 26.1 Å². The number of ether oxygens (including phenoxy) is 4. The number of esters is 2. The molecule has 2 aliphatic heterocycles. The molecule has 6 rings (SSSR count). The van der Waals surface area contributed by atoms with Crippen molar-refractivity contribution in [3.63, 3.8) is 0 Å². The average Bonchev–Trinajstić information content (AvgIpc) is 3.60. The molecule has 0 aliphatic carbocycles. The Bertz CT molecular complexity index is 1980. The predicted molar refractivity (Wildman–Crippen MR) is 186 cm³/mol. The van der Waals surface area contributed by atoms with Crippen LogP contribution in [0.2, 0.25) is 0 Å². The number of hydrogen-bond donors (Lipinski definition) is 3. The van der Waals surface area contributed by atoms with Crippen molar-refractivity contribution in [1.82, 2.24) is 19.9 Å². The molecule has 0 saturated heterocycles. The van der Waals surface area contributed by atoms with Gasteiger partial charge in [-0.1, -0.05) is 11.6 Å². The van der Waals surface area contributed by atoms with Crippen molar-refractivity contribution < 1.29 is 47.9 Å². The fourth-order valence-electron chi connectivity index (χ4n) is 5.84. The Hall–Kier alpha value is -5.44. The second-order valence-electron chi connectivity index (χ2n) is 11.5. The summed E-state index contributed by atoms with van der Waals surface area (Å²) in [5.74, 6) is 0.771. The van der Waals surface area contributed by atoms with Crippen molar-refractivity contribution in [2.75, 3.05) is 13.2 Å². The minimum absolute atomic E-state index is 0.0253. The van der Waals surface area contributed by atoms with E-state index in [-0.39, 0.29) is 49.6 Å². The number of carbonyl (C=O) groups excluding carboxylic acids is 2. The van der Waals surface area contributed by atoms with Crippen molar-refractivity contribution in [2.45, 2.75) is 59.3 Å². The summed E-state index contributed by atoms with van der Waals surface area (Å²) in [6.07, 6.45) is 4.74. The van der Waals surface area contributed by atoms with Gasteiger partial charge in [-0.25, -0.2) is 4.98 Å². The number of aromatic nitrogens is 4. The summed E-state index contributed by atoms with van der Waals surface area (Å²) in [7, 11) is -2.29. The van der Waals surface area contributed by atoms with Crippen LogP contribution in [0, 0.1) is 20.4 Å². The lowest BCUT2D eigenvalue weighted by Gasteiger charge is -2.14. The third-order valence-corrected chi connectivity index (χ3v) is 7.89. The molecule has 0 saturated carbocycles. The maximum atomic E-state index is 11.8. The molecule has 2 unspecified atom stereocenters. The first-order chi connectivity index (χ1) is 25.0. The second-order valence-corrected chi connectivity index (χ2v) is 11.5. The molecule has 0 bridgehead atoms. The Kier molecular flexibility index (Phi) is 12.5. The Morgan fingerprint density at radius 3 is 1.75 bits per heavy atom. The summed E-state index contributed by atoms with van der Waals surface area (Å²) in [6, 6.07) is 6.86. The molecule has 2 atom stereocenters. The van der Waals surface area contributed by atoms with Gasteiger partial charge >= 0.3 is 32.1 Å². The number of nitrogens with two attached hydrogens (primary N) is 1. The zero-order valence-electron chi connectivity index (χ0n) is 28.9. The average molecular weight is 710 g/mol. The Morgan fingerprint density at radius 1 is 0.808 bits per heavy atom. The number of rotatable bonds is 11. The molecular weight excluding hydrogens is 674 g/mol. The first kappa shape index (κ1) is 37.8. The van der Waals surface area contributed by atoms with Crippen LogP contribution in [0.25, 0.3) is 4.85 Å². The van der Waals surface area contributed by atoms with E-state index in [1.54, 1.807) is 44.3 Å². The Balaban J connectivity index is 0.000000201. The first-order valence-electron chi connectivity index (χ1n) is 16.4. The molecule has 16 nitrogen and oxygen atoms in total. The number of nitrogens with zero attached hydrogens (tertiary/aromatic N) is 5. The lowest BCUT2D eigenvalue weighted by molar-refractivity contribution is -0.146. The summed E-state index contributed by atoms with van der Waals surface area (Å²) in [5.41, 5.74) is 10.4. The van der Waals surface area contributed by atoms with E-state index in [0.29, 0.717) is 40.6 Å². The van der Waals surface area contributed by atoms with E-state index < -0.39 is 26.4 Å². The van der Waals surface area contributed by atoms with Gasteiger partial charge in [0.15, 0.2) is 0 Å². The van der Waals surface area contributed by atoms with E-state index >= 15 is 0 Å². The standard InChI is InChI=1S/C17H16BN3O5.C17H20BN3O5/c1-4-24-16(22)7-13-17-10(2)5-11(6-12(17)18(23)26-13)25-15-9-20-8-14(19-3)21-15;1-3-24-16(22)6-14-17-10(2)4-12(5-13(17)18(23)26-14)25-15-9-20-8-11(7-19)21-15/h5-6,8-9,13,23H,4,7H2,1-2H3;4-5,8-9,14,23H,3,6-7,19H2,1-2H3. The van der Waals surface area contributed by atoms with Crippen LogP contribution in [0.3, 0.4) is 0 Å². The van der Waals surface area contributed by atoms with Gasteiger partial charge in [0.1, 0.15) is 17.7 Å². The van der Waals surface area contributed by atoms with Crippen LogP contribution in [-0.2, 0) is 34.9 Å². The van der Waals surface area contributed by atoms with Crippen LogP contribution in [0.15, 0.2) is 49.1 Å². The van der Waals surface area contributed by atoms with Gasteiger partial charge in [-0.2, -0.15) is 0 Å². The molecule has 0 fully saturated rings. The number of aryl methyl sites for hydroxylation is 2. The number of benzene rings is 2. The molecule has 4 heterocycles. The van der Waals surface area contributed by atoms with Gasteiger partial charge in [0.05, 0.1) is 56.4 Å². The van der Waals surface area contributed by atoms with Crippen molar-refractivity contribution in [3.8, 4) is 23.3 Å². The second kappa shape index (κ2) is 17.2. The van der Waals surface area contributed by atoms with Crippen molar-refractivity contribution in [3.05, 3.63) is 88.4 Å². The SMILES string of the molecule is CCOC(=O)CC1OB(O)c2cc(Oc3cncc(CN)n3)cc(C)c21.[C-]#[N+]c1cncc(Oc2cc(C)c3c(c2)B(O)OC3CC(=O)OCC)n1. The van der Waals surface area contributed by atoms with E-state index in [1.165, 1.54) is 18.6 Å². The molecule has 268 valence electrons. The zero-order chi connectivity index (χ0) is 37.4. The Labute approximate surface area is 300 Å². The number of fused-ring (bicyclic) bond motifs is 2. The molecule has 4 aromatic rings. The molecule has 0 radical (unpaired) electrons. The van der Waals surface area contributed by atoms with Crippen LogP contribution in [0.5, 0.6) is 23.3 Å². The lowest BCUT2D eigenvalue weighted by Crippen LogP contribution is -2.28. The summed E-state index contributed by atoms with van der Waals surface area (Å²) < 4.78 is 32.3. The zero-order valence-corrected chi connectivity index (χ0v) is 28.9. The largest absolute Gasteiger partial charge is 0.492 e. The maximum Gasteiger partial charge on any atom is 0.492 e. The molecule has 0 amide bonds. The summed E-state index contributed by atoms with van der Waals surface area (Å²) in [6.45, 7) is 15.0. The van der Waals surface area contributed by atoms with Crippen LogP contribution in [0.1, 0.15) is 66.8 Å². The minimum atomic E-state index is -1.16. The van der Waals surface area contributed by atoms with E-state index in [2.05, 4.69) is 24.8 Å². The molecule has 18 heteroatoms. The van der Waals surface area contributed by atoms with Crippen molar-refractivity contribution in [1.29, 1.82) is 0 Å². The molecular formula is C34H36B2N6O10. The van der Waals surface area contributed by atoms with Gasteiger partial charge in [0.2, 0.25) is 5.88 Å². The van der Waals surface area contributed by atoms with Gasteiger partial charge in [-0.15, -0.1) is 0 Å². The van der Waals surface area contributed by atoms with Crippen LogP contribution in [0.4, 0.5) is 5.82 Å². The highest BCUT2D eigenvalue weighted by atomic mass is 16.6. The van der Waals surface area contributed by atoms with E-state index in [0.717, 1.165) is 22.3 Å². The minimum Gasteiger partial charge on any atom is -0.466 e. The normalized spacial score (nSPS) is 15.5. The molecule has 0 spiro atoms. The van der Waals surface area contributed by atoms with E-state index in [9.17, 15) is 19.6 Å². The fourth-order valence-corrected chi connectivity index (χ4v) is 5.84. The van der Waals surface area contributed by atoms with E-state index in [1.807, 2.05) is 13.8 Å². The van der Waals surface area contributed by atoms with Gasteiger partial charge in [-0.05, 0) is 85.1 Å². The quantitative estimate of drug-likeness (QED) is 0.116. The van der Waals surface area contributed by atoms with Gasteiger partial charge < -0.3 is 48.9 Å². The van der Waals surface area contributed by atoms with Crippen molar-refractivity contribution in [2.24, 2.45) is 5.73 Å². The van der Waals surface area contributed by atoms with E-state index in [4.69, 9.17) is 40.6 Å². The monoisotopic (exact) mass is 710 g/mol. The summed E-state index contributed by atoms with van der Waals surface area (Å²) in [4.78, 5) is 42.9. The first-order valence-corrected chi connectivity index (χ1v) is 16.4. The lowest BCUT2D eigenvalue weighted by atomic mass is 9.77. The molecule has 52 heavy (non-hydrogen) atoms. The number of hydrogen-bond acceptors (Lipinski definition) is 15. The molecule has 2 aromatic carbocycles. The summed E-state index contributed by atoms with van der Waals surface area (Å²) >= 11 is 0. The highest BCUT2D eigenvalue weighted by molar-refractivity contribution is 6.62. The molecule has 2 aliphatic rings. The third-order valence-electron chi connectivity index (χ3n) is 7.89. The highest BCUT2D eigenvalue weighted by Crippen LogP contribution is 2.34. The summed E-state index contributed by atoms with van der Waals surface area (Å²) in [5, 5.41) is 20.4. The third kappa shape index (κ3) is 9.07. The van der Waals surface area contributed by atoms with Gasteiger partial charge in [0.25, 0.3) is 5.82 Å². The smallest absolute Gasteiger partial charge is 0.466 e. The molecule has 4 N–H and O–H groups in total. The van der Waals surface area contributed by atoms with Gasteiger partial charge in [0, 0.05) is 12.7 Å². The van der Waals surface area contributed by atoms with Crippen LogP contribution in [-0.4, -0.2) is 69.4 Å². The highest BCUT2D eigenvalue weighted by Gasteiger charge is 2.39. The Morgan fingerprint density at radius 2 is 1.29 bits per heavy atom. The predicted octanol–water partition coefficient (Wildman–Crippen LogP) is 2.59. The van der Waals surface area contributed by atoms with Crippen molar-refractivity contribution >= 4 is 42.9 Å². The fraction of sp³-hybridized carbons (Fsp3) is 0.324. The number of carbonyl (C=O) groups is 2.